The van der Waals surface area contributed by atoms with E-state index in [9.17, 15) is 0 Å². The van der Waals surface area contributed by atoms with E-state index in [1.165, 1.54) is 24.9 Å². The van der Waals surface area contributed by atoms with E-state index >= 15 is 0 Å². The molecule has 1 aromatic rings. The number of benzene rings is 1. The topological polar surface area (TPSA) is 3.24 Å². The molecule has 1 fully saturated rings. The summed E-state index contributed by atoms with van der Waals surface area (Å²) >= 11 is 12.1. The molecule has 0 aliphatic carbocycles. The minimum atomic E-state index is 0.525. The van der Waals surface area contributed by atoms with E-state index in [0.717, 1.165) is 17.1 Å². The maximum absolute atomic E-state index is 6.31. The van der Waals surface area contributed by atoms with Gasteiger partial charge >= 0.3 is 0 Å². The number of hydrogen-bond acceptors (Lipinski definition) is 1. The van der Waals surface area contributed by atoms with Crippen LogP contribution in [0, 0.1) is 0 Å². The maximum Gasteiger partial charge on any atom is 0.0642 e. The summed E-state index contributed by atoms with van der Waals surface area (Å²) in [6.45, 7) is 3.36. The van der Waals surface area contributed by atoms with Gasteiger partial charge in [0.1, 0.15) is 0 Å². The number of alkyl halides is 1. The van der Waals surface area contributed by atoms with Crippen LogP contribution < -0.4 is 4.90 Å². The molecule has 1 aliphatic heterocycles. The highest BCUT2D eigenvalue weighted by Crippen LogP contribution is 2.33. The van der Waals surface area contributed by atoms with Gasteiger partial charge in [0.05, 0.1) is 10.7 Å². The zero-order chi connectivity index (χ0) is 11.5. The monoisotopic (exact) mass is 257 g/mol. The first-order chi connectivity index (χ1) is 7.76. The molecule has 1 aromatic carbocycles. The fourth-order valence-electron chi connectivity index (χ4n) is 2.44. The van der Waals surface area contributed by atoms with Gasteiger partial charge in [-0.25, -0.2) is 0 Å². The van der Waals surface area contributed by atoms with Crippen LogP contribution in [-0.2, 0) is 5.88 Å². The minimum absolute atomic E-state index is 0.525. The van der Waals surface area contributed by atoms with Gasteiger partial charge in [-0.15, -0.1) is 11.6 Å². The Morgan fingerprint density at radius 3 is 2.88 bits per heavy atom. The molecule has 16 heavy (non-hydrogen) atoms. The van der Waals surface area contributed by atoms with Gasteiger partial charge < -0.3 is 4.90 Å². The van der Waals surface area contributed by atoms with Crippen molar-refractivity contribution in [3.63, 3.8) is 0 Å². The quantitative estimate of drug-likeness (QED) is 0.723. The van der Waals surface area contributed by atoms with Crippen LogP contribution in [-0.4, -0.2) is 12.6 Å². The van der Waals surface area contributed by atoms with E-state index in [4.69, 9.17) is 23.2 Å². The lowest BCUT2D eigenvalue weighted by molar-refractivity contribution is 0.645. The summed E-state index contributed by atoms with van der Waals surface area (Å²) in [5.41, 5.74) is 2.25. The van der Waals surface area contributed by atoms with E-state index in [-0.39, 0.29) is 0 Å². The molecule has 1 nitrogen and oxygen atoms in total. The summed E-state index contributed by atoms with van der Waals surface area (Å²) < 4.78 is 0. The van der Waals surface area contributed by atoms with Crippen molar-refractivity contribution in [3.8, 4) is 0 Å². The number of rotatable bonds is 3. The van der Waals surface area contributed by atoms with Crippen LogP contribution in [0.2, 0.25) is 5.02 Å². The van der Waals surface area contributed by atoms with Gasteiger partial charge in [-0.05, 0) is 37.0 Å². The lowest BCUT2D eigenvalue weighted by Gasteiger charge is -2.27. The van der Waals surface area contributed by atoms with Crippen LogP contribution in [0.25, 0.3) is 0 Å². The maximum atomic E-state index is 6.31. The zero-order valence-electron chi connectivity index (χ0n) is 9.55. The van der Waals surface area contributed by atoms with E-state index < -0.39 is 0 Å². The minimum Gasteiger partial charge on any atom is -0.367 e. The molecule has 1 heterocycles. The Hall–Kier alpha value is -0.400. The van der Waals surface area contributed by atoms with Crippen LogP contribution in [0.1, 0.15) is 31.7 Å². The average Bonchev–Trinajstić information content (AvgIpc) is 2.76. The number of halogens is 2. The highest BCUT2D eigenvalue weighted by molar-refractivity contribution is 6.33. The Morgan fingerprint density at radius 2 is 2.25 bits per heavy atom. The second kappa shape index (κ2) is 5.29. The highest BCUT2D eigenvalue weighted by Gasteiger charge is 2.24. The van der Waals surface area contributed by atoms with Crippen LogP contribution >= 0.6 is 23.2 Å². The second-order valence-corrected chi connectivity index (χ2v) is 4.99. The third kappa shape index (κ3) is 2.31. The predicted molar refractivity (Wildman–Crippen MR) is 71.7 cm³/mol. The molecule has 3 heteroatoms. The molecular weight excluding hydrogens is 241 g/mol. The van der Waals surface area contributed by atoms with E-state index in [1.54, 1.807) is 0 Å². The van der Waals surface area contributed by atoms with Crippen molar-refractivity contribution < 1.29 is 0 Å². The van der Waals surface area contributed by atoms with Crippen molar-refractivity contribution in [1.82, 2.24) is 0 Å². The predicted octanol–water partition coefficient (Wildman–Crippen LogP) is 4.46. The van der Waals surface area contributed by atoms with Crippen molar-refractivity contribution in [3.05, 3.63) is 28.8 Å². The summed E-state index contributed by atoms with van der Waals surface area (Å²) in [7, 11) is 0. The molecule has 0 N–H and O–H groups in total. The van der Waals surface area contributed by atoms with Crippen LogP contribution in [0.4, 0.5) is 5.69 Å². The Morgan fingerprint density at radius 1 is 1.44 bits per heavy atom. The largest absolute Gasteiger partial charge is 0.367 e. The van der Waals surface area contributed by atoms with Gasteiger partial charge in [0.25, 0.3) is 0 Å². The average molecular weight is 258 g/mol. The molecule has 1 unspecified atom stereocenters. The number of hydrogen-bond donors (Lipinski definition) is 0. The van der Waals surface area contributed by atoms with E-state index in [0.29, 0.717) is 11.9 Å². The van der Waals surface area contributed by atoms with Crippen molar-refractivity contribution in [2.24, 2.45) is 0 Å². The van der Waals surface area contributed by atoms with E-state index in [1.807, 2.05) is 6.07 Å². The summed E-state index contributed by atoms with van der Waals surface area (Å²) in [5, 5.41) is 0.832. The lowest BCUT2D eigenvalue weighted by atomic mass is 10.1. The summed E-state index contributed by atoms with van der Waals surface area (Å²) in [4.78, 5) is 2.43. The van der Waals surface area contributed by atoms with Crippen molar-refractivity contribution in [2.75, 3.05) is 11.4 Å². The van der Waals surface area contributed by atoms with Gasteiger partial charge in [0.15, 0.2) is 0 Å². The molecule has 0 aromatic heterocycles. The highest BCUT2D eigenvalue weighted by atomic mass is 35.5. The van der Waals surface area contributed by atoms with Gasteiger partial charge in [0.2, 0.25) is 0 Å². The Bertz CT molecular complexity index is 365. The Balaban J connectivity index is 2.26. The number of anilines is 1. The Labute approximate surface area is 107 Å². The fraction of sp³-hybridized carbons (Fsp3) is 0.538. The fourth-order valence-corrected chi connectivity index (χ4v) is 2.92. The lowest BCUT2D eigenvalue weighted by Crippen LogP contribution is -2.28. The summed E-state index contributed by atoms with van der Waals surface area (Å²) in [6, 6.07) is 6.81. The molecule has 0 amide bonds. The third-order valence-corrected chi connectivity index (χ3v) is 3.94. The molecule has 1 aliphatic rings. The third-order valence-electron chi connectivity index (χ3n) is 3.32. The second-order valence-electron chi connectivity index (χ2n) is 4.32. The van der Waals surface area contributed by atoms with Crippen molar-refractivity contribution in [1.29, 1.82) is 0 Å². The van der Waals surface area contributed by atoms with Gasteiger partial charge in [0, 0.05) is 18.5 Å². The SMILES string of the molecule is CCC1CCCN1c1ccc(CCl)cc1Cl. The first-order valence-electron chi connectivity index (χ1n) is 5.87. The first kappa shape index (κ1) is 12.1. The molecule has 0 spiro atoms. The Kier molecular flexibility index (Phi) is 3.99. The zero-order valence-corrected chi connectivity index (χ0v) is 11.1. The van der Waals surface area contributed by atoms with Crippen LogP contribution in [0.5, 0.6) is 0 Å². The van der Waals surface area contributed by atoms with Crippen molar-refractivity contribution >= 4 is 28.9 Å². The number of nitrogens with zero attached hydrogens (tertiary/aromatic N) is 1. The van der Waals surface area contributed by atoms with E-state index in [2.05, 4.69) is 24.0 Å². The molecule has 0 saturated carbocycles. The van der Waals surface area contributed by atoms with Gasteiger partial charge in [-0.3, -0.25) is 0 Å². The first-order valence-corrected chi connectivity index (χ1v) is 6.78. The van der Waals surface area contributed by atoms with Crippen LogP contribution in [0.15, 0.2) is 18.2 Å². The normalized spacial score (nSPS) is 20.4. The van der Waals surface area contributed by atoms with Crippen LogP contribution in [0.3, 0.4) is 0 Å². The molecular formula is C13H17Cl2N. The standard InChI is InChI=1S/C13H17Cl2N/c1-2-11-4-3-7-16(11)13-6-5-10(9-14)8-12(13)15/h5-6,8,11H,2-4,7,9H2,1H3. The summed E-state index contributed by atoms with van der Waals surface area (Å²) in [6.07, 6.45) is 3.74. The molecule has 0 radical (unpaired) electrons. The summed E-state index contributed by atoms with van der Waals surface area (Å²) in [5.74, 6) is 0.525. The molecule has 0 bridgehead atoms. The van der Waals surface area contributed by atoms with Gasteiger partial charge in [-0.2, -0.15) is 0 Å². The van der Waals surface area contributed by atoms with Gasteiger partial charge in [-0.1, -0.05) is 24.6 Å². The smallest absolute Gasteiger partial charge is 0.0642 e. The molecule has 1 saturated heterocycles. The van der Waals surface area contributed by atoms with Crippen molar-refractivity contribution in [2.45, 2.75) is 38.1 Å². The molecule has 2 rings (SSSR count). The molecule has 1 atom stereocenters. The molecule has 88 valence electrons.